The fourth-order valence-corrected chi connectivity index (χ4v) is 6.05. The molecule has 33 heavy (non-hydrogen) atoms. The number of hydrogen-bond donors (Lipinski definition) is 4. The Morgan fingerprint density at radius 3 is 2.97 bits per heavy atom. The molecule has 174 valence electrons. The van der Waals surface area contributed by atoms with Gasteiger partial charge in [-0.05, 0) is 31.0 Å². The third-order valence-corrected chi connectivity index (χ3v) is 7.94. The Hall–Kier alpha value is -2.97. The van der Waals surface area contributed by atoms with Gasteiger partial charge in [0.15, 0.2) is 5.13 Å². The predicted molar refractivity (Wildman–Crippen MR) is 121 cm³/mol. The molecule has 0 saturated carbocycles. The molecule has 5 rings (SSSR count). The zero-order chi connectivity index (χ0) is 23.1. The van der Waals surface area contributed by atoms with E-state index in [1.54, 1.807) is 11.1 Å². The van der Waals surface area contributed by atoms with Crippen molar-refractivity contribution >= 4 is 51.9 Å². The van der Waals surface area contributed by atoms with Crippen LogP contribution in [0.25, 0.3) is 0 Å². The molecule has 0 unspecified atom stereocenters. The molecule has 3 saturated heterocycles. The van der Waals surface area contributed by atoms with Crippen LogP contribution in [0.1, 0.15) is 18.7 Å². The molecule has 12 nitrogen and oxygen atoms in total. The average Bonchev–Trinajstić information content (AvgIpc) is 3.56. The first kappa shape index (κ1) is 21.9. The number of aromatic nitrogens is 2. The molecule has 4 aliphatic rings. The number of rotatable bonds is 5. The Morgan fingerprint density at radius 1 is 1.42 bits per heavy atom. The number of nitrogens with two attached hydrogens (primary N) is 1. The van der Waals surface area contributed by atoms with Gasteiger partial charge in [0.2, 0.25) is 17.4 Å². The molecular formula is C19H22N8O4S2. The standard InChI is InChI=1S/C19H22N8O4S2/c20-19-23-14(25-33-19)12(24-31)15(28)22-13-17(30)27-7-9(8-32-18(13)27)5-10-2-4-26(16(10)29)11-1-3-21-6-11/h5,7,11,13,18,21,31H,1-4,6,8H2,(H,22,28)(H2,20,23,25)/b10-5+,24-12-/t11-,13-,18-/m1/s1. The Kier molecular flexibility index (Phi) is 5.80. The maximum absolute atomic E-state index is 12.8. The highest BCUT2D eigenvalue weighted by Gasteiger charge is 2.50. The van der Waals surface area contributed by atoms with Crippen molar-refractivity contribution in [2.75, 3.05) is 31.1 Å². The van der Waals surface area contributed by atoms with Crippen molar-refractivity contribution in [3.63, 3.8) is 0 Å². The Labute approximate surface area is 197 Å². The molecule has 3 atom stereocenters. The van der Waals surface area contributed by atoms with E-state index in [0.717, 1.165) is 48.7 Å². The van der Waals surface area contributed by atoms with Gasteiger partial charge in [-0.1, -0.05) is 5.16 Å². The largest absolute Gasteiger partial charge is 0.410 e. The molecule has 0 aromatic carbocycles. The molecule has 4 aliphatic heterocycles. The second-order valence-electron chi connectivity index (χ2n) is 8.07. The SMILES string of the molecule is Nc1nc(/C(=N/O)C(=O)N[C@@H]2C(=O)N3C=C(/C=C4\CCN([C@@H]5CCNC5)C4=O)CS[C@H]23)ns1. The lowest BCUT2D eigenvalue weighted by molar-refractivity contribution is -0.143. The molecular weight excluding hydrogens is 468 g/mol. The summed E-state index contributed by atoms with van der Waals surface area (Å²) in [6.07, 6.45) is 5.31. The number of likely N-dealkylation sites (tertiary alicyclic amines) is 1. The summed E-state index contributed by atoms with van der Waals surface area (Å²) in [5, 5.41) is 17.9. The van der Waals surface area contributed by atoms with E-state index < -0.39 is 17.7 Å². The van der Waals surface area contributed by atoms with Crippen LogP contribution in [0.5, 0.6) is 0 Å². The number of carbonyl (C=O) groups excluding carboxylic acids is 3. The Balaban J connectivity index is 1.23. The lowest BCUT2D eigenvalue weighted by Gasteiger charge is -2.47. The van der Waals surface area contributed by atoms with Crippen molar-refractivity contribution in [1.29, 1.82) is 0 Å². The molecule has 5 N–H and O–H groups in total. The summed E-state index contributed by atoms with van der Waals surface area (Å²) in [6, 6.07) is -0.508. The van der Waals surface area contributed by atoms with E-state index in [0.29, 0.717) is 12.2 Å². The van der Waals surface area contributed by atoms with Gasteiger partial charge in [-0.2, -0.15) is 9.36 Å². The third kappa shape index (κ3) is 3.98. The van der Waals surface area contributed by atoms with E-state index in [2.05, 4.69) is 25.1 Å². The highest BCUT2D eigenvalue weighted by molar-refractivity contribution is 8.00. The van der Waals surface area contributed by atoms with Crippen molar-refractivity contribution < 1.29 is 19.6 Å². The molecule has 0 radical (unpaired) electrons. The number of hydrogen-bond acceptors (Lipinski definition) is 11. The van der Waals surface area contributed by atoms with Crippen LogP contribution in [0.2, 0.25) is 0 Å². The molecule has 3 amide bonds. The Morgan fingerprint density at radius 2 is 2.27 bits per heavy atom. The molecule has 14 heteroatoms. The molecule has 1 aromatic heterocycles. The van der Waals surface area contributed by atoms with Crippen LogP contribution in [0.3, 0.4) is 0 Å². The van der Waals surface area contributed by atoms with E-state index >= 15 is 0 Å². The summed E-state index contributed by atoms with van der Waals surface area (Å²) >= 11 is 2.36. The first-order chi connectivity index (χ1) is 16.0. The van der Waals surface area contributed by atoms with Gasteiger partial charge in [0.25, 0.3) is 11.8 Å². The van der Waals surface area contributed by atoms with Crippen molar-refractivity contribution in [3.05, 3.63) is 29.2 Å². The normalized spacial score (nSPS) is 28.7. The molecule has 0 spiro atoms. The van der Waals surface area contributed by atoms with Gasteiger partial charge >= 0.3 is 0 Å². The van der Waals surface area contributed by atoms with Crippen LogP contribution in [0.15, 0.2) is 28.6 Å². The molecule has 0 bridgehead atoms. The van der Waals surface area contributed by atoms with Crippen molar-refractivity contribution in [1.82, 2.24) is 29.8 Å². The number of β-lactam (4-membered cyclic amide) rings is 1. The minimum absolute atomic E-state index is 0.0731. The first-order valence-corrected chi connectivity index (χ1v) is 12.3. The number of thioether (sulfide) groups is 1. The quantitative estimate of drug-likeness (QED) is 0.135. The summed E-state index contributed by atoms with van der Waals surface area (Å²) in [7, 11) is 0. The number of amides is 3. The fraction of sp³-hybridized carbons (Fsp3) is 0.474. The number of allylic oxidation sites excluding steroid dienone is 1. The Bertz CT molecular complexity index is 1090. The number of fused-ring (bicyclic) bond motifs is 1. The second kappa shape index (κ2) is 8.76. The summed E-state index contributed by atoms with van der Waals surface area (Å²) in [5.41, 5.74) is 6.77. The number of nitrogen functional groups attached to an aromatic ring is 1. The van der Waals surface area contributed by atoms with Crippen molar-refractivity contribution in [2.45, 2.75) is 30.3 Å². The van der Waals surface area contributed by atoms with Gasteiger partial charge in [0.1, 0.15) is 11.4 Å². The highest BCUT2D eigenvalue weighted by atomic mass is 32.2. The lowest BCUT2D eigenvalue weighted by atomic mass is 10.1. The topological polar surface area (TPSA) is 166 Å². The number of oxime groups is 1. The smallest absolute Gasteiger partial charge is 0.278 e. The predicted octanol–water partition coefficient (Wildman–Crippen LogP) is -0.897. The van der Waals surface area contributed by atoms with Crippen LogP contribution < -0.4 is 16.4 Å². The average molecular weight is 491 g/mol. The number of nitrogens with zero attached hydrogens (tertiary/aromatic N) is 5. The van der Waals surface area contributed by atoms with E-state index in [1.165, 1.54) is 11.8 Å². The van der Waals surface area contributed by atoms with E-state index in [9.17, 15) is 19.6 Å². The first-order valence-electron chi connectivity index (χ1n) is 10.5. The van der Waals surface area contributed by atoms with Gasteiger partial charge in [-0.3, -0.25) is 14.4 Å². The van der Waals surface area contributed by atoms with Crippen LogP contribution in [-0.2, 0) is 14.4 Å². The fourth-order valence-electron chi connectivity index (χ4n) is 4.39. The van der Waals surface area contributed by atoms with E-state index in [-0.39, 0.29) is 34.2 Å². The molecule has 1 aromatic rings. The van der Waals surface area contributed by atoms with Crippen LogP contribution >= 0.6 is 23.3 Å². The van der Waals surface area contributed by atoms with E-state index in [4.69, 9.17) is 5.73 Å². The van der Waals surface area contributed by atoms with Crippen molar-refractivity contribution in [3.8, 4) is 0 Å². The number of carbonyl (C=O) groups is 3. The highest BCUT2D eigenvalue weighted by Crippen LogP contribution is 2.37. The van der Waals surface area contributed by atoms with Gasteiger partial charge in [-0.25, -0.2) is 0 Å². The van der Waals surface area contributed by atoms with Crippen LogP contribution in [0.4, 0.5) is 5.13 Å². The monoisotopic (exact) mass is 490 g/mol. The number of anilines is 1. The zero-order valence-corrected chi connectivity index (χ0v) is 19.1. The summed E-state index contributed by atoms with van der Waals surface area (Å²) < 4.78 is 3.86. The summed E-state index contributed by atoms with van der Waals surface area (Å²) in [6.45, 7) is 2.50. The number of nitrogens with one attached hydrogen (secondary N) is 2. The zero-order valence-electron chi connectivity index (χ0n) is 17.4. The lowest BCUT2D eigenvalue weighted by Crippen LogP contribution is -2.69. The van der Waals surface area contributed by atoms with Crippen LogP contribution in [-0.4, -0.2) is 90.6 Å². The maximum Gasteiger partial charge on any atom is 0.278 e. The van der Waals surface area contributed by atoms with Gasteiger partial charge in [0.05, 0.1) is 0 Å². The molecule has 3 fully saturated rings. The van der Waals surface area contributed by atoms with Crippen LogP contribution in [0, 0.1) is 0 Å². The molecule has 0 aliphatic carbocycles. The molecule has 5 heterocycles. The summed E-state index contributed by atoms with van der Waals surface area (Å²) in [5.74, 6) is -0.466. The minimum atomic E-state index is -0.765. The minimum Gasteiger partial charge on any atom is -0.410 e. The third-order valence-electron chi connectivity index (χ3n) is 6.05. The van der Waals surface area contributed by atoms with E-state index in [1.807, 2.05) is 11.0 Å². The second-order valence-corrected chi connectivity index (χ2v) is 9.96. The van der Waals surface area contributed by atoms with Gasteiger partial charge in [0, 0.05) is 48.2 Å². The van der Waals surface area contributed by atoms with Gasteiger partial charge in [-0.15, -0.1) is 11.8 Å². The van der Waals surface area contributed by atoms with Crippen molar-refractivity contribution in [2.24, 2.45) is 5.16 Å². The maximum atomic E-state index is 12.8. The van der Waals surface area contributed by atoms with Gasteiger partial charge < -0.3 is 31.4 Å². The summed E-state index contributed by atoms with van der Waals surface area (Å²) in [4.78, 5) is 45.3.